The van der Waals surface area contributed by atoms with Gasteiger partial charge in [-0.3, -0.25) is 4.79 Å². The molecule has 0 saturated carbocycles. The van der Waals surface area contributed by atoms with Gasteiger partial charge in [0, 0.05) is 19.0 Å². The first-order valence-corrected chi connectivity index (χ1v) is 13.1. The van der Waals surface area contributed by atoms with Crippen LogP contribution >= 0.6 is 0 Å². The number of fused-ring (bicyclic) bond motifs is 1. The largest absolute Gasteiger partial charge is 0.491 e. The van der Waals surface area contributed by atoms with Crippen LogP contribution in [0.4, 0.5) is 5.69 Å². The highest BCUT2D eigenvalue weighted by molar-refractivity contribution is 7.89. The number of para-hydroxylation sites is 2. The number of nitrogens with one attached hydrogen (secondary N) is 1. The zero-order valence-electron chi connectivity index (χ0n) is 18.7. The van der Waals surface area contributed by atoms with Crippen LogP contribution < -0.4 is 10.1 Å². The maximum atomic E-state index is 13.2. The highest BCUT2D eigenvalue weighted by Gasteiger charge is 2.32. The molecule has 1 fully saturated rings. The Labute approximate surface area is 191 Å². The lowest BCUT2D eigenvalue weighted by Gasteiger charge is -2.31. The molecule has 1 aliphatic carbocycles. The molecule has 2 aliphatic rings. The van der Waals surface area contributed by atoms with Crippen molar-refractivity contribution in [1.29, 1.82) is 0 Å². The number of piperidine rings is 1. The number of hydrogen-bond donors (Lipinski definition) is 1. The van der Waals surface area contributed by atoms with Crippen LogP contribution in [0.1, 0.15) is 50.2 Å². The van der Waals surface area contributed by atoms with Crippen LogP contribution in [0.5, 0.6) is 5.75 Å². The van der Waals surface area contributed by atoms with Gasteiger partial charge >= 0.3 is 0 Å². The highest BCUT2D eigenvalue weighted by Crippen LogP contribution is 2.30. The maximum absolute atomic E-state index is 13.2. The van der Waals surface area contributed by atoms with Gasteiger partial charge in [0.2, 0.25) is 15.9 Å². The van der Waals surface area contributed by atoms with E-state index in [2.05, 4.69) is 5.32 Å². The van der Waals surface area contributed by atoms with Crippen LogP contribution in [0.2, 0.25) is 0 Å². The third kappa shape index (κ3) is 4.99. The average molecular weight is 457 g/mol. The predicted molar refractivity (Wildman–Crippen MR) is 125 cm³/mol. The van der Waals surface area contributed by atoms with Crippen LogP contribution in [-0.4, -0.2) is 38.3 Å². The van der Waals surface area contributed by atoms with Crippen LogP contribution in [0.25, 0.3) is 0 Å². The Hall–Kier alpha value is -2.38. The zero-order chi connectivity index (χ0) is 22.6. The molecule has 0 spiro atoms. The summed E-state index contributed by atoms with van der Waals surface area (Å²) in [4.78, 5) is 13.2. The zero-order valence-corrected chi connectivity index (χ0v) is 19.5. The second kappa shape index (κ2) is 10.0. The molecule has 1 N–H and O–H groups in total. The van der Waals surface area contributed by atoms with E-state index >= 15 is 0 Å². The Morgan fingerprint density at radius 2 is 1.78 bits per heavy atom. The topological polar surface area (TPSA) is 75.7 Å². The molecule has 1 aliphatic heterocycles. The molecule has 6 nitrogen and oxygen atoms in total. The first kappa shape index (κ1) is 22.8. The standard InChI is InChI=1S/C25H32N2O4S/c1-2-17-31-24-10-6-5-9-23(24)26-25(28)20-13-15-27(16-14-20)32(29,30)22-12-11-19-7-3-4-8-21(19)18-22/h5-6,9-12,18,20H,2-4,7-8,13-17H2,1H3,(H,26,28). The fourth-order valence-electron chi connectivity index (χ4n) is 4.52. The molecular formula is C25H32N2O4S. The third-order valence-corrected chi connectivity index (χ3v) is 8.28. The van der Waals surface area contributed by atoms with Gasteiger partial charge in [-0.25, -0.2) is 8.42 Å². The lowest BCUT2D eigenvalue weighted by molar-refractivity contribution is -0.120. The minimum atomic E-state index is -3.54. The van der Waals surface area contributed by atoms with Gasteiger partial charge in [0.25, 0.3) is 0 Å². The van der Waals surface area contributed by atoms with Crippen molar-refractivity contribution in [1.82, 2.24) is 4.31 Å². The fourth-order valence-corrected chi connectivity index (χ4v) is 6.04. The summed E-state index contributed by atoms with van der Waals surface area (Å²) in [6, 6.07) is 13.0. The second-order valence-corrected chi connectivity index (χ2v) is 10.6. The molecule has 1 heterocycles. The number of ether oxygens (including phenoxy) is 1. The van der Waals surface area contributed by atoms with Gasteiger partial charge in [-0.1, -0.05) is 25.1 Å². The summed E-state index contributed by atoms with van der Waals surface area (Å²) in [5.41, 5.74) is 3.10. The summed E-state index contributed by atoms with van der Waals surface area (Å²) in [5, 5.41) is 2.98. The van der Waals surface area contributed by atoms with Gasteiger partial charge in [-0.05, 0) is 80.3 Å². The fraction of sp³-hybridized carbons (Fsp3) is 0.480. The normalized spacial score (nSPS) is 17.5. The number of nitrogens with zero attached hydrogens (tertiary/aromatic N) is 1. The van der Waals surface area contributed by atoms with Crippen LogP contribution in [0.3, 0.4) is 0 Å². The summed E-state index contributed by atoms with van der Waals surface area (Å²) in [5.74, 6) is 0.364. The summed E-state index contributed by atoms with van der Waals surface area (Å²) >= 11 is 0. The maximum Gasteiger partial charge on any atom is 0.243 e. The first-order valence-electron chi connectivity index (χ1n) is 11.6. The van der Waals surface area contributed by atoms with E-state index in [1.807, 2.05) is 43.3 Å². The third-order valence-electron chi connectivity index (χ3n) is 6.39. The molecule has 2 aromatic carbocycles. The number of carbonyl (C=O) groups is 1. The van der Waals surface area contributed by atoms with Gasteiger partial charge in [0.15, 0.2) is 0 Å². The molecule has 0 radical (unpaired) electrons. The quantitative estimate of drug-likeness (QED) is 0.670. The molecule has 0 bridgehead atoms. The Morgan fingerprint density at radius 1 is 1.06 bits per heavy atom. The van der Waals surface area contributed by atoms with Gasteiger partial charge in [-0.2, -0.15) is 4.31 Å². The van der Waals surface area contributed by atoms with Crippen LogP contribution in [-0.2, 0) is 27.7 Å². The molecule has 2 aromatic rings. The van der Waals surface area contributed by atoms with Crippen LogP contribution in [0.15, 0.2) is 47.4 Å². The van der Waals surface area contributed by atoms with E-state index in [1.54, 1.807) is 6.07 Å². The molecule has 7 heteroatoms. The number of sulfonamides is 1. The summed E-state index contributed by atoms with van der Waals surface area (Å²) in [7, 11) is -3.54. The summed E-state index contributed by atoms with van der Waals surface area (Å²) in [6.07, 6.45) is 6.17. The van der Waals surface area contributed by atoms with E-state index in [0.717, 1.165) is 31.2 Å². The van der Waals surface area contributed by atoms with Crippen molar-refractivity contribution < 1.29 is 17.9 Å². The molecule has 32 heavy (non-hydrogen) atoms. The van der Waals surface area contributed by atoms with Crippen molar-refractivity contribution >= 4 is 21.6 Å². The number of aryl methyl sites for hydroxylation is 2. The first-order chi connectivity index (χ1) is 15.5. The van der Waals surface area contributed by atoms with Crippen molar-refractivity contribution in [2.75, 3.05) is 25.0 Å². The van der Waals surface area contributed by atoms with Gasteiger partial charge in [0.1, 0.15) is 5.75 Å². The monoisotopic (exact) mass is 456 g/mol. The number of carbonyl (C=O) groups excluding carboxylic acids is 1. The molecular weight excluding hydrogens is 424 g/mol. The van der Waals surface area contributed by atoms with E-state index in [0.29, 0.717) is 48.9 Å². The van der Waals surface area contributed by atoms with Gasteiger partial charge in [0.05, 0.1) is 17.2 Å². The smallest absolute Gasteiger partial charge is 0.243 e. The molecule has 4 rings (SSSR count). The summed E-state index contributed by atoms with van der Waals surface area (Å²) < 4.78 is 33.6. The number of anilines is 1. The van der Waals surface area contributed by atoms with Crippen molar-refractivity contribution in [2.45, 2.75) is 56.8 Å². The molecule has 172 valence electrons. The number of rotatable bonds is 7. The van der Waals surface area contributed by atoms with Crippen molar-refractivity contribution in [3.05, 3.63) is 53.6 Å². The van der Waals surface area contributed by atoms with Gasteiger partial charge < -0.3 is 10.1 Å². The van der Waals surface area contributed by atoms with E-state index in [4.69, 9.17) is 4.74 Å². The molecule has 0 atom stereocenters. The van der Waals surface area contributed by atoms with Crippen molar-refractivity contribution in [3.63, 3.8) is 0 Å². The van der Waals surface area contributed by atoms with Gasteiger partial charge in [-0.15, -0.1) is 0 Å². The van der Waals surface area contributed by atoms with Crippen LogP contribution in [0, 0.1) is 5.92 Å². The Bertz CT molecular complexity index is 1060. The SMILES string of the molecule is CCCOc1ccccc1NC(=O)C1CCN(S(=O)(=O)c2ccc3c(c2)CCCC3)CC1. The van der Waals surface area contributed by atoms with E-state index < -0.39 is 10.0 Å². The van der Waals surface area contributed by atoms with E-state index in [9.17, 15) is 13.2 Å². The van der Waals surface area contributed by atoms with E-state index in [-0.39, 0.29) is 11.8 Å². The minimum absolute atomic E-state index is 0.0802. The van der Waals surface area contributed by atoms with E-state index in [1.165, 1.54) is 16.3 Å². The predicted octanol–water partition coefficient (Wildman–Crippen LogP) is 4.39. The van der Waals surface area contributed by atoms with Crippen molar-refractivity contribution in [3.8, 4) is 5.75 Å². The van der Waals surface area contributed by atoms with Crippen molar-refractivity contribution in [2.24, 2.45) is 5.92 Å². The number of hydrogen-bond acceptors (Lipinski definition) is 4. The Kier molecular flexibility index (Phi) is 7.16. The molecule has 0 aromatic heterocycles. The minimum Gasteiger partial charge on any atom is -0.491 e. The molecule has 1 amide bonds. The molecule has 1 saturated heterocycles. The summed E-state index contributed by atoms with van der Waals surface area (Å²) in [6.45, 7) is 3.33. The molecule has 0 unspecified atom stereocenters. The number of amides is 1. The lowest BCUT2D eigenvalue weighted by Crippen LogP contribution is -2.41. The Balaban J connectivity index is 1.38. The Morgan fingerprint density at radius 3 is 2.53 bits per heavy atom. The highest BCUT2D eigenvalue weighted by atomic mass is 32.2. The second-order valence-electron chi connectivity index (χ2n) is 8.65. The lowest BCUT2D eigenvalue weighted by atomic mass is 9.92. The number of benzene rings is 2. The average Bonchev–Trinajstić information content (AvgIpc) is 2.83.